The molecule has 0 saturated carbocycles. The Morgan fingerprint density at radius 3 is 2.72 bits per heavy atom. The molecule has 0 radical (unpaired) electrons. The van der Waals surface area contributed by atoms with Gasteiger partial charge in [0.2, 0.25) is 5.91 Å². The largest absolute Gasteiger partial charge is 0.389 e. The Bertz CT molecular complexity index is 465. The Kier molecular flexibility index (Phi) is 5.37. The van der Waals surface area contributed by atoms with E-state index in [9.17, 15) is 4.79 Å². The number of hydrogen-bond donors (Lipinski definition) is 2. The van der Waals surface area contributed by atoms with Crippen LogP contribution in [0.1, 0.15) is 12.0 Å². The van der Waals surface area contributed by atoms with Gasteiger partial charge in [-0.25, -0.2) is 0 Å². The summed E-state index contributed by atoms with van der Waals surface area (Å²) in [5, 5.41) is 3.10. The van der Waals surface area contributed by atoms with Gasteiger partial charge in [0.05, 0.1) is 5.02 Å². The molecule has 0 aliphatic carbocycles. The standard InChI is InChI=1S/C12H16ClN3OS/c1-15-11(17)5-6-16(2)8-3-4-9(12(14)18)10(13)7-8/h3-4,7H,5-6H2,1-2H3,(H2,14,18)(H,15,17). The second-order valence-corrected chi connectivity index (χ2v) is 4.72. The van der Waals surface area contributed by atoms with Gasteiger partial charge in [-0.05, 0) is 18.2 Å². The van der Waals surface area contributed by atoms with Crippen LogP contribution in [0.2, 0.25) is 5.02 Å². The summed E-state index contributed by atoms with van der Waals surface area (Å²) in [4.78, 5) is 13.4. The van der Waals surface area contributed by atoms with Gasteiger partial charge in [-0.1, -0.05) is 23.8 Å². The summed E-state index contributed by atoms with van der Waals surface area (Å²) in [5.41, 5.74) is 7.12. The van der Waals surface area contributed by atoms with Crippen LogP contribution in [0, 0.1) is 0 Å². The molecule has 0 saturated heterocycles. The number of carbonyl (C=O) groups excluding carboxylic acids is 1. The summed E-state index contributed by atoms with van der Waals surface area (Å²) in [5.74, 6) is 0.00713. The lowest BCUT2D eigenvalue weighted by atomic mass is 10.2. The highest BCUT2D eigenvalue weighted by molar-refractivity contribution is 7.80. The smallest absolute Gasteiger partial charge is 0.221 e. The SMILES string of the molecule is CNC(=O)CCN(C)c1ccc(C(N)=S)c(Cl)c1. The number of rotatable bonds is 5. The van der Waals surface area contributed by atoms with Crippen LogP contribution >= 0.6 is 23.8 Å². The summed E-state index contributed by atoms with van der Waals surface area (Å²) in [6, 6.07) is 5.46. The summed E-state index contributed by atoms with van der Waals surface area (Å²) in [7, 11) is 3.52. The molecule has 6 heteroatoms. The molecule has 0 aliphatic rings. The fourth-order valence-corrected chi connectivity index (χ4v) is 1.98. The van der Waals surface area contributed by atoms with E-state index in [1.807, 2.05) is 18.0 Å². The highest BCUT2D eigenvalue weighted by Gasteiger charge is 2.08. The van der Waals surface area contributed by atoms with E-state index in [1.165, 1.54) is 0 Å². The molecule has 0 bridgehead atoms. The quantitative estimate of drug-likeness (QED) is 0.806. The Morgan fingerprint density at radius 2 is 2.22 bits per heavy atom. The van der Waals surface area contributed by atoms with Crippen molar-refractivity contribution in [2.75, 3.05) is 25.5 Å². The lowest BCUT2D eigenvalue weighted by molar-refractivity contribution is -0.120. The number of nitrogens with one attached hydrogen (secondary N) is 1. The van der Waals surface area contributed by atoms with Crippen molar-refractivity contribution in [2.24, 2.45) is 5.73 Å². The number of halogens is 1. The number of nitrogens with zero attached hydrogens (tertiary/aromatic N) is 1. The number of nitrogens with two attached hydrogens (primary N) is 1. The van der Waals surface area contributed by atoms with Crippen molar-refractivity contribution < 1.29 is 4.79 Å². The third kappa shape index (κ3) is 3.85. The molecular weight excluding hydrogens is 270 g/mol. The minimum atomic E-state index is 0.00713. The van der Waals surface area contributed by atoms with E-state index in [-0.39, 0.29) is 10.9 Å². The van der Waals surface area contributed by atoms with Crippen molar-refractivity contribution in [2.45, 2.75) is 6.42 Å². The van der Waals surface area contributed by atoms with E-state index < -0.39 is 0 Å². The van der Waals surface area contributed by atoms with Crippen LogP contribution in [0.3, 0.4) is 0 Å². The molecule has 18 heavy (non-hydrogen) atoms. The molecule has 0 unspecified atom stereocenters. The molecule has 1 rings (SSSR count). The molecule has 1 amide bonds. The van der Waals surface area contributed by atoms with Gasteiger partial charge in [-0.2, -0.15) is 0 Å². The summed E-state index contributed by atoms with van der Waals surface area (Å²) < 4.78 is 0. The molecule has 0 heterocycles. The van der Waals surface area contributed by atoms with Crippen LogP contribution in [-0.4, -0.2) is 31.5 Å². The summed E-state index contributed by atoms with van der Waals surface area (Å²) >= 11 is 11.0. The molecule has 0 atom stereocenters. The van der Waals surface area contributed by atoms with Crippen molar-refractivity contribution in [1.29, 1.82) is 0 Å². The fraction of sp³-hybridized carbons (Fsp3) is 0.333. The van der Waals surface area contributed by atoms with Crippen LogP contribution in [-0.2, 0) is 4.79 Å². The Labute approximate surface area is 117 Å². The Hall–Kier alpha value is -1.33. The molecule has 4 nitrogen and oxygen atoms in total. The maximum absolute atomic E-state index is 11.2. The zero-order valence-corrected chi connectivity index (χ0v) is 11.9. The first kappa shape index (κ1) is 14.7. The van der Waals surface area contributed by atoms with E-state index in [1.54, 1.807) is 19.2 Å². The van der Waals surface area contributed by atoms with Crippen molar-refractivity contribution in [1.82, 2.24) is 5.32 Å². The van der Waals surface area contributed by atoms with Crippen LogP contribution in [0.15, 0.2) is 18.2 Å². The van der Waals surface area contributed by atoms with E-state index in [0.29, 0.717) is 23.6 Å². The number of benzene rings is 1. The van der Waals surface area contributed by atoms with E-state index in [2.05, 4.69) is 5.32 Å². The second kappa shape index (κ2) is 6.56. The maximum Gasteiger partial charge on any atom is 0.221 e. The second-order valence-electron chi connectivity index (χ2n) is 3.87. The minimum Gasteiger partial charge on any atom is -0.389 e. The van der Waals surface area contributed by atoms with E-state index in [4.69, 9.17) is 29.6 Å². The summed E-state index contributed by atoms with van der Waals surface area (Å²) in [6.45, 7) is 0.614. The normalized spacial score (nSPS) is 9.94. The fourth-order valence-electron chi connectivity index (χ4n) is 1.46. The van der Waals surface area contributed by atoms with Crippen LogP contribution < -0.4 is 16.0 Å². The number of carbonyl (C=O) groups is 1. The summed E-state index contributed by atoms with van der Waals surface area (Å²) in [6.07, 6.45) is 0.432. The van der Waals surface area contributed by atoms with Crippen LogP contribution in [0.4, 0.5) is 5.69 Å². The third-order valence-corrected chi connectivity index (χ3v) is 3.14. The molecule has 0 spiro atoms. The first-order valence-electron chi connectivity index (χ1n) is 5.46. The third-order valence-electron chi connectivity index (χ3n) is 2.61. The molecule has 3 N–H and O–H groups in total. The van der Waals surface area contributed by atoms with Gasteiger partial charge < -0.3 is 16.0 Å². The predicted molar refractivity (Wildman–Crippen MR) is 79.3 cm³/mol. The van der Waals surface area contributed by atoms with Gasteiger partial charge in [0.1, 0.15) is 4.99 Å². The Morgan fingerprint density at radius 1 is 1.56 bits per heavy atom. The number of hydrogen-bond acceptors (Lipinski definition) is 3. The van der Waals surface area contributed by atoms with Crippen molar-refractivity contribution >= 4 is 40.4 Å². The number of thiocarbonyl (C=S) groups is 1. The first-order valence-corrected chi connectivity index (χ1v) is 6.25. The van der Waals surface area contributed by atoms with Gasteiger partial charge in [0.15, 0.2) is 0 Å². The highest BCUT2D eigenvalue weighted by atomic mass is 35.5. The van der Waals surface area contributed by atoms with Gasteiger partial charge >= 0.3 is 0 Å². The average Bonchev–Trinajstić information content (AvgIpc) is 2.34. The van der Waals surface area contributed by atoms with Crippen molar-refractivity contribution in [3.63, 3.8) is 0 Å². The van der Waals surface area contributed by atoms with Crippen LogP contribution in [0.5, 0.6) is 0 Å². The molecule has 0 aromatic heterocycles. The monoisotopic (exact) mass is 285 g/mol. The molecule has 98 valence electrons. The zero-order valence-electron chi connectivity index (χ0n) is 10.4. The number of anilines is 1. The molecule has 0 fully saturated rings. The molecule has 1 aromatic carbocycles. The minimum absolute atomic E-state index is 0.00713. The van der Waals surface area contributed by atoms with E-state index in [0.717, 1.165) is 5.69 Å². The predicted octanol–water partition coefficient (Wildman–Crippen LogP) is 1.55. The van der Waals surface area contributed by atoms with Crippen molar-refractivity contribution in [3.8, 4) is 0 Å². The van der Waals surface area contributed by atoms with Gasteiger partial charge in [0.25, 0.3) is 0 Å². The van der Waals surface area contributed by atoms with Gasteiger partial charge in [0, 0.05) is 38.3 Å². The maximum atomic E-state index is 11.2. The average molecular weight is 286 g/mol. The lowest BCUT2D eigenvalue weighted by Crippen LogP contribution is -2.26. The van der Waals surface area contributed by atoms with Gasteiger partial charge in [-0.15, -0.1) is 0 Å². The van der Waals surface area contributed by atoms with Crippen molar-refractivity contribution in [3.05, 3.63) is 28.8 Å². The molecular formula is C12H16ClN3OS. The zero-order chi connectivity index (χ0) is 13.7. The van der Waals surface area contributed by atoms with E-state index >= 15 is 0 Å². The first-order chi connectivity index (χ1) is 8.45. The highest BCUT2D eigenvalue weighted by Crippen LogP contribution is 2.23. The molecule has 1 aromatic rings. The van der Waals surface area contributed by atoms with Gasteiger partial charge in [-0.3, -0.25) is 4.79 Å². The van der Waals surface area contributed by atoms with Crippen LogP contribution in [0.25, 0.3) is 0 Å². The number of amides is 1. The lowest BCUT2D eigenvalue weighted by Gasteiger charge is -2.19. The molecule has 0 aliphatic heterocycles. The topological polar surface area (TPSA) is 58.4 Å². The Balaban J connectivity index is 2.75.